The molecular formula is C10H10BrNO. The van der Waals surface area contributed by atoms with Crippen molar-refractivity contribution in [3.63, 3.8) is 0 Å². The highest BCUT2D eigenvalue weighted by Gasteiger charge is 2.14. The fourth-order valence-corrected chi connectivity index (χ4v) is 1.88. The first-order valence-electron chi connectivity index (χ1n) is 4.30. The van der Waals surface area contributed by atoms with Crippen molar-refractivity contribution in [3.8, 4) is 0 Å². The summed E-state index contributed by atoms with van der Waals surface area (Å²) in [6, 6.07) is 5.87. The van der Waals surface area contributed by atoms with E-state index in [1.165, 1.54) is 0 Å². The molecule has 0 saturated heterocycles. The van der Waals surface area contributed by atoms with Gasteiger partial charge < -0.3 is 5.32 Å². The molecule has 13 heavy (non-hydrogen) atoms. The van der Waals surface area contributed by atoms with Crippen LogP contribution in [0.5, 0.6) is 0 Å². The van der Waals surface area contributed by atoms with E-state index < -0.39 is 0 Å². The lowest BCUT2D eigenvalue weighted by atomic mass is 10.0. The summed E-state index contributed by atoms with van der Waals surface area (Å²) in [6.45, 7) is 1.58. The minimum Gasteiger partial charge on any atom is -0.312 e. The molecule has 1 aromatic rings. The summed E-state index contributed by atoms with van der Waals surface area (Å²) in [7, 11) is 0. The van der Waals surface area contributed by atoms with Crippen LogP contribution in [-0.4, -0.2) is 12.3 Å². The van der Waals surface area contributed by atoms with Gasteiger partial charge in [-0.15, -0.1) is 0 Å². The Bertz CT molecular complexity index is 349. The van der Waals surface area contributed by atoms with Gasteiger partial charge in [-0.2, -0.15) is 0 Å². The topological polar surface area (TPSA) is 29.1 Å². The molecule has 1 N–H and O–H groups in total. The number of hydrogen-bond acceptors (Lipinski definition) is 2. The number of halogens is 1. The van der Waals surface area contributed by atoms with Gasteiger partial charge in [0.05, 0.1) is 0 Å². The monoisotopic (exact) mass is 239 g/mol. The third kappa shape index (κ3) is 1.81. The molecule has 1 aliphatic heterocycles. The van der Waals surface area contributed by atoms with E-state index in [2.05, 4.69) is 21.2 Å². The number of nitrogens with one attached hydrogen (secondary N) is 1. The Kier molecular flexibility index (Phi) is 2.47. The van der Waals surface area contributed by atoms with E-state index in [1.807, 2.05) is 18.2 Å². The van der Waals surface area contributed by atoms with Gasteiger partial charge in [0.1, 0.15) is 0 Å². The van der Waals surface area contributed by atoms with Crippen molar-refractivity contribution in [1.82, 2.24) is 5.32 Å². The molecule has 1 aromatic carbocycles. The van der Waals surface area contributed by atoms with Crippen molar-refractivity contribution in [3.05, 3.63) is 33.8 Å². The Balaban J connectivity index is 2.49. The van der Waals surface area contributed by atoms with Crippen molar-refractivity contribution in [2.24, 2.45) is 0 Å². The SMILES string of the molecule is O=C1CCNCc2ccc(Br)cc21. The first kappa shape index (κ1) is 8.91. The zero-order valence-electron chi connectivity index (χ0n) is 7.14. The maximum absolute atomic E-state index is 11.6. The van der Waals surface area contributed by atoms with Crippen LogP contribution < -0.4 is 5.32 Å². The number of hydrogen-bond donors (Lipinski definition) is 1. The Labute approximate surface area is 85.5 Å². The maximum atomic E-state index is 11.6. The summed E-state index contributed by atoms with van der Waals surface area (Å²) in [5, 5.41) is 3.22. The number of ketones is 1. The molecule has 0 bridgehead atoms. The number of benzene rings is 1. The molecule has 0 aromatic heterocycles. The fourth-order valence-electron chi connectivity index (χ4n) is 1.52. The van der Waals surface area contributed by atoms with Gasteiger partial charge in [0.25, 0.3) is 0 Å². The minimum absolute atomic E-state index is 0.237. The largest absolute Gasteiger partial charge is 0.312 e. The zero-order valence-corrected chi connectivity index (χ0v) is 8.73. The van der Waals surface area contributed by atoms with Gasteiger partial charge in [-0.05, 0) is 17.7 Å². The standard InChI is InChI=1S/C10H10BrNO/c11-8-2-1-7-6-12-4-3-10(13)9(7)5-8/h1-2,5,12H,3-4,6H2. The van der Waals surface area contributed by atoms with E-state index in [-0.39, 0.29) is 5.78 Å². The van der Waals surface area contributed by atoms with Gasteiger partial charge in [0.2, 0.25) is 0 Å². The molecule has 0 atom stereocenters. The van der Waals surface area contributed by atoms with Crippen LogP contribution in [0.1, 0.15) is 22.3 Å². The number of rotatable bonds is 0. The second kappa shape index (κ2) is 3.60. The Hall–Kier alpha value is -0.670. The molecule has 68 valence electrons. The first-order valence-corrected chi connectivity index (χ1v) is 5.09. The molecule has 0 fully saturated rings. The van der Waals surface area contributed by atoms with Gasteiger partial charge in [-0.3, -0.25) is 4.79 Å². The lowest BCUT2D eigenvalue weighted by Gasteiger charge is -2.03. The molecule has 1 heterocycles. The lowest BCUT2D eigenvalue weighted by Crippen LogP contribution is -2.12. The predicted molar refractivity (Wildman–Crippen MR) is 54.8 cm³/mol. The maximum Gasteiger partial charge on any atom is 0.164 e. The summed E-state index contributed by atoms with van der Waals surface area (Å²) in [5.74, 6) is 0.237. The Morgan fingerprint density at radius 2 is 2.23 bits per heavy atom. The van der Waals surface area contributed by atoms with E-state index in [1.54, 1.807) is 0 Å². The molecule has 0 amide bonds. The van der Waals surface area contributed by atoms with Gasteiger partial charge in [0, 0.05) is 29.5 Å². The number of fused-ring (bicyclic) bond motifs is 1. The third-order valence-corrected chi connectivity index (χ3v) is 2.71. The van der Waals surface area contributed by atoms with Crippen LogP contribution in [0.25, 0.3) is 0 Å². The van der Waals surface area contributed by atoms with Crippen LogP contribution in [0.3, 0.4) is 0 Å². The van der Waals surface area contributed by atoms with Gasteiger partial charge in [0.15, 0.2) is 5.78 Å². The smallest absolute Gasteiger partial charge is 0.164 e. The summed E-state index contributed by atoms with van der Waals surface area (Å²) in [5.41, 5.74) is 1.96. The van der Waals surface area contributed by atoms with Crippen molar-refractivity contribution in [2.75, 3.05) is 6.54 Å². The predicted octanol–water partition coefficient (Wildman–Crippen LogP) is 2.13. The van der Waals surface area contributed by atoms with Crippen LogP contribution in [-0.2, 0) is 6.54 Å². The van der Waals surface area contributed by atoms with Crippen LogP contribution in [0.15, 0.2) is 22.7 Å². The Morgan fingerprint density at radius 1 is 1.38 bits per heavy atom. The lowest BCUT2D eigenvalue weighted by molar-refractivity contribution is 0.0985. The second-order valence-electron chi connectivity index (χ2n) is 3.15. The summed E-state index contributed by atoms with van der Waals surface area (Å²) in [6.07, 6.45) is 0.601. The van der Waals surface area contributed by atoms with Crippen LogP contribution in [0, 0.1) is 0 Å². The second-order valence-corrected chi connectivity index (χ2v) is 4.07. The molecular weight excluding hydrogens is 230 g/mol. The first-order chi connectivity index (χ1) is 6.27. The fraction of sp³-hybridized carbons (Fsp3) is 0.300. The summed E-state index contributed by atoms with van der Waals surface area (Å²) < 4.78 is 0.974. The summed E-state index contributed by atoms with van der Waals surface area (Å²) >= 11 is 3.37. The van der Waals surface area contributed by atoms with Crippen molar-refractivity contribution >= 4 is 21.7 Å². The van der Waals surface area contributed by atoms with E-state index in [4.69, 9.17) is 0 Å². The molecule has 0 aliphatic carbocycles. The third-order valence-electron chi connectivity index (χ3n) is 2.22. The quantitative estimate of drug-likeness (QED) is 0.752. The van der Waals surface area contributed by atoms with Gasteiger partial charge in [-0.25, -0.2) is 0 Å². The van der Waals surface area contributed by atoms with E-state index in [0.717, 1.165) is 28.7 Å². The number of carbonyl (C=O) groups excluding carboxylic acids is 1. The molecule has 0 spiro atoms. The average molecular weight is 240 g/mol. The highest BCUT2D eigenvalue weighted by molar-refractivity contribution is 9.10. The Morgan fingerprint density at radius 3 is 3.08 bits per heavy atom. The molecule has 1 aliphatic rings. The van der Waals surface area contributed by atoms with E-state index in [9.17, 15) is 4.79 Å². The molecule has 3 heteroatoms. The molecule has 0 unspecified atom stereocenters. The van der Waals surface area contributed by atoms with Crippen LogP contribution >= 0.6 is 15.9 Å². The van der Waals surface area contributed by atoms with Gasteiger partial charge in [-0.1, -0.05) is 22.0 Å². The highest BCUT2D eigenvalue weighted by atomic mass is 79.9. The minimum atomic E-state index is 0.237. The number of Topliss-reactive ketones (excluding diaryl/α,β-unsaturated/α-hetero) is 1. The average Bonchev–Trinajstić information content (AvgIpc) is 2.29. The number of carbonyl (C=O) groups is 1. The highest BCUT2D eigenvalue weighted by Crippen LogP contribution is 2.19. The van der Waals surface area contributed by atoms with Crippen LogP contribution in [0.4, 0.5) is 0 Å². The van der Waals surface area contributed by atoms with Gasteiger partial charge >= 0.3 is 0 Å². The van der Waals surface area contributed by atoms with E-state index in [0.29, 0.717) is 6.42 Å². The normalized spacial score (nSPS) is 16.5. The van der Waals surface area contributed by atoms with E-state index >= 15 is 0 Å². The van der Waals surface area contributed by atoms with Crippen molar-refractivity contribution in [1.29, 1.82) is 0 Å². The molecule has 0 radical (unpaired) electrons. The molecule has 2 nitrogen and oxygen atoms in total. The zero-order chi connectivity index (χ0) is 9.26. The molecule has 2 rings (SSSR count). The summed E-state index contributed by atoms with van der Waals surface area (Å²) in [4.78, 5) is 11.6. The van der Waals surface area contributed by atoms with Crippen molar-refractivity contribution < 1.29 is 4.79 Å². The van der Waals surface area contributed by atoms with Crippen LogP contribution in [0.2, 0.25) is 0 Å². The van der Waals surface area contributed by atoms with Crippen molar-refractivity contribution in [2.45, 2.75) is 13.0 Å². The molecule has 0 saturated carbocycles.